The van der Waals surface area contributed by atoms with Crippen LogP contribution in [0.5, 0.6) is 0 Å². The van der Waals surface area contributed by atoms with Crippen molar-refractivity contribution in [1.29, 1.82) is 0 Å². The number of hydrogen-bond donors (Lipinski definition) is 2. The van der Waals surface area contributed by atoms with E-state index >= 15 is 0 Å². The van der Waals surface area contributed by atoms with Gasteiger partial charge in [-0.2, -0.15) is 24.7 Å². The van der Waals surface area contributed by atoms with Crippen LogP contribution in [-0.4, -0.2) is 42.6 Å². The van der Waals surface area contributed by atoms with Crippen molar-refractivity contribution in [3.8, 4) is 0 Å². The third-order valence-electron chi connectivity index (χ3n) is 5.50. The van der Waals surface area contributed by atoms with E-state index < -0.39 is 0 Å². The maximum atomic E-state index is 9.84. The molecule has 0 bridgehead atoms. The summed E-state index contributed by atoms with van der Waals surface area (Å²) >= 11 is 0.300. The van der Waals surface area contributed by atoms with Crippen molar-refractivity contribution in [2.45, 2.75) is 179 Å². The van der Waals surface area contributed by atoms with Crippen molar-refractivity contribution in [1.82, 2.24) is 0 Å². The summed E-state index contributed by atoms with van der Waals surface area (Å²) in [6, 6.07) is 0. The second-order valence-corrected chi connectivity index (χ2v) is 16.5. The zero-order chi connectivity index (χ0) is 41.0. The third kappa shape index (κ3) is 136. The van der Waals surface area contributed by atoms with E-state index in [0.717, 1.165) is 19.3 Å². The first-order chi connectivity index (χ1) is 23.0. The van der Waals surface area contributed by atoms with E-state index in [1.54, 1.807) is 0 Å². The first-order valence-electron chi connectivity index (χ1n) is 17.9. The van der Waals surface area contributed by atoms with Gasteiger partial charge in [0, 0.05) is 0 Å². The molecule has 0 radical (unpaired) electrons. The van der Waals surface area contributed by atoms with Crippen molar-refractivity contribution < 1.29 is 62.2 Å². The van der Waals surface area contributed by atoms with Crippen LogP contribution in [0.25, 0.3) is 0 Å². The molecule has 0 amide bonds. The van der Waals surface area contributed by atoms with Crippen molar-refractivity contribution in [2.24, 2.45) is 21.7 Å². The molecule has 50 heavy (non-hydrogen) atoms. The topological polar surface area (TPSA) is 127 Å². The Morgan fingerprint density at radius 2 is 0.720 bits per heavy atom. The van der Waals surface area contributed by atoms with Crippen LogP contribution in [0.4, 0.5) is 0 Å². The molecule has 2 N–H and O–H groups in total. The Balaban J connectivity index is -0.0000000909. The molecule has 300 valence electrons. The molecular weight excluding hydrogens is 712 g/mol. The van der Waals surface area contributed by atoms with Crippen LogP contribution in [0.15, 0.2) is 25.3 Å². The van der Waals surface area contributed by atoms with Crippen molar-refractivity contribution in [2.75, 3.05) is 13.2 Å². The van der Waals surface area contributed by atoms with Gasteiger partial charge in [-0.25, -0.2) is 9.78 Å². The van der Waals surface area contributed by atoms with Crippen molar-refractivity contribution in [3.05, 3.63) is 32.2 Å². The summed E-state index contributed by atoms with van der Waals surface area (Å²) in [6.45, 7) is 37.2. The van der Waals surface area contributed by atoms with Crippen LogP contribution in [0.2, 0.25) is 0 Å². The van der Waals surface area contributed by atoms with Gasteiger partial charge in [0.1, 0.15) is 0 Å². The normalized spacial score (nSPS) is 10.4. The molecule has 0 unspecified atom stereocenters. The molecule has 0 saturated heterocycles. The SMILES string of the molecule is C=CCOO.C=CCOO.CC(C)(C)CCCCC[C-]=O.CC(C)(C)CCCCC[C-]=O.CC(C)(C)CCCCC[C-]=O.[CH2-]C(C)(C)C.[O]=[Zr]. The maximum absolute atomic E-state index is 9.84. The average molecular weight is 792 g/mol. The molecule has 0 saturated carbocycles. The molecule has 0 aromatic carbocycles. The Bertz CT molecular complexity index is 602. The molecule has 9 heteroatoms. The zero-order valence-electron chi connectivity index (χ0n) is 34.6. The third-order valence-corrected chi connectivity index (χ3v) is 5.50. The summed E-state index contributed by atoms with van der Waals surface area (Å²) in [5.41, 5.74) is 1.60. The van der Waals surface area contributed by atoms with Crippen LogP contribution in [0, 0.1) is 28.6 Å². The van der Waals surface area contributed by atoms with Crippen LogP contribution in [0.1, 0.15) is 179 Å². The van der Waals surface area contributed by atoms with Crippen molar-refractivity contribution in [3.63, 3.8) is 0 Å². The zero-order valence-corrected chi connectivity index (χ0v) is 37.1. The van der Waals surface area contributed by atoms with Gasteiger partial charge in [-0.05, 0) is 35.5 Å². The summed E-state index contributed by atoms with van der Waals surface area (Å²) in [6.07, 6.45) is 24.6. The van der Waals surface area contributed by atoms with Gasteiger partial charge in [-0.15, -0.1) is 13.2 Å². The summed E-state index contributed by atoms with van der Waals surface area (Å²) < 4.78 is 8.34. The first kappa shape index (κ1) is 64.0. The molecule has 0 aliphatic carbocycles. The molecule has 0 aliphatic heterocycles. The van der Waals surface area contributed by atoms with E-state index in [2.05, 4.69) is 113 Å². The molecule has 0 aromatic heterocycles. The van der Waals surface area contributed by atoms with E-state index in [0.29, 0.717) is 60.2 Å². The van der Waals surface area contributed by atoms with Crippen LogP contribution >= 0.6 is 0 Å². The van der Waals surface area contributed by atoms with E-state index in [-0.39, 0.29) is 18.6 Å². The van der Waals surface area contributed by atoms with Crippen molar-refractivity contribution >= 4 is 18.9 Å². The molecule has 0 heterocycles. The summed E-state index contributed by atoms with van der Waals surface area (Å²) in [5, 5.41) is 15.0. The minimum atomic E-state index is 0.208. The minimum absolute atomic E-state index is 0.208. The summed E-state index contributed by atoms with van der Waals surface area (Å²) in [4.78, 5) is 36.7. The molecule has 0 aliphatic rings. The number of unbranched alkanes of at least 4 members (excludes halogenated alkanes) is 9. The molecule has 8 nitrogen and oxygen atoms in total. The molecule has 0 fully saturated rings. The fourth-order valence-corrected chi connectivity index (χ4v) is 3.19. The number of hydrogen-bond acceptors (Lipinski definition) is 8. The van der Waals surface area contributed by atoms with Gasteiger partial charge < -0.3 is 21.3 Å². The van der Waals surface area contributed by atoms with E-state index in [4.69, 9.17) is 13.3 Å². The molecular formula is C41H80O8Zr-4. The first-order valence-corrected chi connectivity index (χ1v) is 18.9. The Labute approximate surface area is 326 Å². The summed E-state index contributed by atoms with van der Waals surface area (Å²) in [5.74, 6) is 0. The standard InChI is InChI=1S/3C10H19O.C5H11.2C3H6O2.O.Zr/c3*1-10(2,3)8-6-4-5-7-9-11;1-5(2,3)4;2*1-2-3-5-4;;/h3*4-8H2,1-3H3;1H2,2-4H3;2*2,4H,1,3H2;;/q4*-1;;;;. The predicted octanol–water partition coefficient (Wildman–Crippen LogP) is 12.3. The van der Waals surface area contributed by atoms with Gasteiger partial charge in [0.15, 0.2) is 0 Å². The molecule has 0 aromatic rings. The van der Waals surface area contributed by atoms with E-state index in [1.807, 2.05) is 18.9 Å². The number of carbonyl (C=O) groups excluding carboxylic acids is 3. The van der Waals surface area contributed by atoms with Gasteiger partial charge in [0.2, 0.25) is 0 Å². The Kier molecular flexibility index (Phi) is 61.5. The van der Waals surface area contributed by atoms with Gasteiger partial charge in [-0.1, -0.05) is 153 Å². The second kappa shape index (κ2) is 48.0. The fourth-order valence-electron chi connectivity index (χ4n) is 3.19. The van der Waals surface area contributed by atoms with Crippen LogP contribution in [-0.2, 0) is 51.7 Å². The monoisotopic (exact) mass is 790 g/mol. The molecule has 0 rings (SSSR count). The summed E-state index contributed by atoms with van der Waals surface area (Å²) in [7, 11) is 0. The van der Waals surface area contributed by atoms with Crippen LogP contribution in [0.3, 0.4) is 0 Å². The Morgan fingerprint density at radius 3 is 0.820 bits per heavy atom. The average Bonchev–Trinajstić information content (AvgIpc) is 2.98. The van der Waals surface area contributed by atoms with Gasteiger partial charge >= 0.3 is 27.5 Å². The Hall–Kier alpha value is -0.987. The second-order valence-electron chi connectivity index (χ2n) is 16.5. The number of rotatable bonds is 19. The molecule has 0 spiro atoms. The van der Waals surface area contributed by atoms with Gasteiger partial charge in [0.25, 0.3) is 0 Å². The quantitative estimate of drug-likeness (QED) is 0.0435. The van der Waals surface area contributed by atoms with E-state index in [1.165, 1.54) is 69.9 Å². The van der Waals surface area contributed by atoms with Crippen LogP contribution < -0.4 is 0 Å². The Morgan fingerprint density at radius 1 is 0.520 bits per heavy atom. The predicted molar refractivity (Wildman–Crippen MR) is 208 cm³/mol. The molecule has 0 atom stereocenters. The van der Waals surface area contributed by atoms with Gasteiger partial charge in [-0.3, -0.25) is 29.4 Å². The van der Waals surface area contributed by atoms with E-state index in [9.17, 15) is 14.4 Å². The fraction of sp³-hybridized carbons (Fsp3) is 0.805. The van der Waals surface area contributed by atoms with Gasteiger partial charge in [0.05, 0.1) is 13.2 Å².